The first-order chi connectivity index (χ1) is 11.0. The molecule has 0 amide bonds. The van der Waals surface area contributed by atoms with Crippen molar-refractivity contribution in [3.05, 3.63) is 41.6 Å². The van der Waals surface area contributed by atoms with E-state index in [1.807, 2.05) is 19.1 Å². The average Bonchev–Trinajstić information content (AvgIpc) is 3.16. The normalized spacial score (nSPS) is 12.7. The monoisotopic (exact) mass is 330 g/mol. The van der Waals surface area contributed by atoms with E-state index in [0.717, 1.165) is 5.56 Å². The lowest BCUT2D eigenvalue weighted by atomic mass is 10.0. The van der Waals surface area contributed by atoms with Crippen molar-refractivity contribution in [3.63, 3.8) is 0 Å². The van der Waals surface area contributed by atoms with Crippen LogP contribution in [0.3, 0.4) is 0 Å². The van der Waals surface area contributed by atoms with Gasteiger partial charge in [-0.2, -0.15) is 0 Å². The molecule has 0 spiro atoms. The van der Waals surface area contributed by atoms with Crippen LogP contribution in [0.4, 0.5) is 0 Å². The van der Waals surface area contributed by atoms with Gasteiger partial charge in [0.05, 0.1) is 5.25 Å². The van der Waals surface area contributed by atoms with Gasteiger partial charge in [-0.1, -0.05) is 37.7 Å². The third-order valence-electron chi connectivity index (χ3n) is 3.40. The van der Waals surface area contributed by atoms with Gasteiger partial charge in [0.15, 0.2) is 0 Å². The molecule has 0 saturated heterocycles. The van der Waals surface area contributed by atoms with Crippen molar-refractivity contribution < 1.29 is 8.83 Å². The number of thioether (sulfide) groups is 1. The number of nitrogens with zero attached hydrogens (tertiary/aromatic N) is 4. The van der Waals surface area contributed by atoms with Gasteiger partial charge in [0.1, 0.15) is 0 Å². The molecule has 0 bridgehead atoms. The summed E-state index contributed by atoms with van der Waals surface area (Å²) in [6, 6.07) is 8.17. The van der Waals surface area contributed by atoms with Crippen LogP contribution in [0.1, 0.15) is 49.3 Å². The van der Waals surface area contributed by atoms with Gasteiger partial charge >= 0.3 is 0 Å². The van der Waals surface area contributed by atoms with Crippen LogP contribution >= 0.6 is 11.8 Å². The van der Waals surface area contributed by atoms with Crippen LogP contribution in [0.5, 0.6) is 0 Å². The largest absolute Gasteiger partial charge is 0.424 e. The van der Waals surface area contributed by atoms with Gasteiger partial charge in [0.25, 0.3) is 5.22 Å². The van der Waals surface area contributed by atoms with Crippen molar-refractivity contribution in [2.24, 2.45) is 0 Å². The van der Waals surface area contributed by atoms with Crippen molar-refractivity contribution in [3.8, 4) is 11.5 Å². The molecule has 1 atom stereocenters. The summed E-state index contributed by atoms with van der Waals surface area (Å²) in [5, 5.41) is 16.5. The van der Waals surface area contributed by atoms with Gasteiger partial charge in [-0.3, -0.25) is 0 Å². The van der Waals surface area contributed by atoms with Crippen molar-refractivity contribution in [1.29, 1.82) is 0 Å². The van der Waals surface area contributed by atoms with Crippen LogP contribution in [-0.4, -0.2) is 20.4 Å². The number of hydrogen-bond donors (Lipinski definition) is 0. The Labute approximate surface area is 138 Å². The predicted molar refractivity (Wildman–Crippen MR) is 87.1 cm³/mol. The van der Waals surface area contributed by atoms with Crippen LogP contribution in [0.2, 0.25) is 0 Å². The Morgan fingerprint density at radius 1 is 0.913 bits per heavy atom. The Bertz CT molecular complexity index is 779. The highest BCUT2D eigenvalue weighted by Gasteiger charge is 2.18. The lowest BCUT2D eigenvalue weighted by Gasteiger charge is -2.04. The second kappa shape index (κ2) is 6.54. The number of hydrogen-bond acceptors (Lipinski definition) is 7. The molecule has 0 N–H and O–H groups in total. The van der Waals surface area contributed by atoms with E-state index in [0.29, 0.717) is 28.8 Å². The van der Waals surface area contributed by atoms with Crippen LogP contribution in [0, 0.1) is 6.92 Å². The van der Waals surface area contributed by atoms with E-state index < -0.39 is 0 Å². The number of aryl methyl sites for hydroxylation is 1. The fraction of sp³-hybridized carbons (Fsp3) is 0.375. The predicted octanol–water partition coefficient (Wildman–Crippen LogP) is 4.40. The molecule has 2 heterocycles. The van der Waals surface area contributed by atoms with E-state index in [1.165, 1.54) is 17.3 Å². The smallest absolute Gasteiger partial charge is 0.277 e. The Hall–Kier alpha value is -2.15. The van der Waals surface area contributed by atoms with E-state index >= 15 is 0 Å². The molecule has 2 aromatic heterocycles. The second-order valence-electron chi connectivity index (χ2n) is 5.57. The molecule has 7 heteroatoms. The van der Waals surface area contributed by atoms with Gasteiger partial charge in [0, 0.05) is 12.5 Å². The summed E-state index contributed by atoms with van der Waals surface area (Å²) in [5.41, 5.74) is 2.19. The third kappa shape index (κ3) is 3.61. The Kier molecular flexibility index (Phi) is 4.47. The molecular weight excluding hydrogens is 312 g/mol. The Morgan fingerprint density at radius 3 is 2.26 bits per heavy atom. The van der Waals surface area contributed by atoms with Crippen LogP contribution in [0.15, 0.2) is 38.3 Å². The van der Waals surface area contributed by atoms with Crippen LogP contribution in [-0.2, 0) is 0 Å². The third-order valence-corrected chi connectivity index (χ3v) is 4.32. The summed E-state index contributed by atoms with van der Waals surface area (Å²) < 4.78 is 11.1. The molecular formula is C16H18N4O2S. The summed E-state index contributed by atoms with van der Waals surface area (Å²) in [4.78, 5) is 0. The summed E-state index contributed by atoms with van der Waals surface area (Å²) in [6.07, 6.45) is 0. The molecule has 23 heavy (non-hydrogen) atoms. The number of benzene rings is 1. The van der Waals surface area contributed by atoms with Gasteiger partial charge in [-0.15, -0.1) is 20.4 Å². The summed E-state index contributed by atoms with van der Waals surface area (Å²) >= 11 is 1.40. The quantitative estimate of drug-likeness (QED) is 0.641. The van der Waals surface area contributed by atoms with Crippen LogP contribution in [0.25, 0.3) is 11.5 Å². The Balaban J connectivity index is 1.72. The van der Waals surface area contributed by atoms with Gasteiger partial charge in [-0.05, 0) is 30.5 Å². The first-order valence-electron chi connectivity index (χ1n) is 7.43. The Morgan fingerprint density at radius 2 is 1.65 bits per heavy atom. The lowest BCUT2D eigenvalue weighted by molar-refractivity contribution is 0.454. The van der Waals surface area contributed by atoms with E-state index in [2.05, 4.69) is 46.4 Å². The molecule has 3 rings (SSSR count). The van der Waals surface area contributed by atoms with E-state index in [9.17, 15) is 0 Å². The SMILES string of the molecule is Cc1nnc([C@H](C)Sc2nnc(-c3ccc(C(C)C)cc3)o2)o1. The second-order valence-corrected chi connectivity index (χ2v) is 6.86. The summed E-state index contributed by atoms with van der Waals surface area (Å²) in [6.45, 7) is 8.05. The first kappa shape index (κ1) is 15.7. The molecule has 0 fully saturated rings. The first-order valence-corrected chi connectivity index (χ1v) is 8.31. The number of aromatic nitrogens is 4. The molecule has 3 aromatic rings. The molecule has 120 valence electrons. The standard InChI is InChI=1S/C16H18N4O2S/c1-9(2)12-5-7-13(8-6-12)15-19-20-16(22-15)23-10(3)14-18-17-11(4)21-14/h5-10H,1-4H3/t10-/m0/s1. The lowest BCUT2D eigenvalue weighted by Crippen LogP contribution is -1.88. The molecule has 0 saturated carbocycles. The zero-order chi connectivity index (χ0) is 16.4. The zero-order valence-corrected chi connectivity index (χ0v) is 14.3. The van der Waals surface area contributed by atoms with Crippen molar-refractivity contribution >= 4 is 11.8 Å². The highest BCUT2D eigenvalue weighted by Crippen LogP contribution is 2.34. The molecule has 6 nitrogen and oxygen atoms in total. The fourth-order valence-electron chi connectivity index (χ4n) is 2.06. The maximum atomic E-state index is 5.72. The molecule has 0 unspecified atom stereocenters. The molecule has 0 aliphatic heterocycles. The summed E-state index contributed by atoms with van der Waals surface area (Å²) in [5.74, 6) is 2.10. The van der Waals surface area contributed by atoms with Crippen molar-refractivity contribution in [2.75, 3.05) is 0 Å². The highest BCUT2D eigenvalue weighted by molar-refractivity contribution is 7.99. The van der Waals surface area contributed by atoms with E-state index in [4.69, 9.17) is 8.83 Å². The van der Waals surface area contributed by atoms with Crippen molar-refractivity contribution in [2.45, 2.75) is 44.1 Å². The molecule has 1 aromatic carbocycles. The van der Waals surface area contributed by atoms with Gasteiger partial charge in [-0.25, -0.2) is 0 Å². The fourth-order valence-corrected chi connectivity index (χ4v) is 2.78. The van der Waals surface area contributed by atoms with Crippen molar-refractivity contribution in [1.82, 2.24) is 20.4 Å². The minimum absolute atomic E-state index is 0.0483. The minimum Gasteiger partial charge on any atom is -0.424 e. The summed E-state index contributed by atoms with van der Waals surface area (Å²) in [7, 11) is 0. The number of rotatable bonds is 5. The molecule has 0 aliphatic carbocycles. The minimum atomic E-state index is -0.0483. The van der Waals surface area contributed by atoms with Gasteiger partial charge in [0.2, 0.25) is 17.7 Å². The highest BCUT2D eigenvalue weighted by atomic mass is 32.2. The molecule has 0 aliphatic rings. The average molecular weight is 330 g/mol. The topological polar surface area (TPSA) is 77.8 Å². The molecule has 0 radical (unpaired) electrons. The maximum absolute atomic E-state index is 5.72. The van der Waals surface area contributed by atoms with E-state index in [-0.39, 0.29) is 5.25 Å². The zero-order valence-electron chi connectivity index (χ0n) is 13.5. The van der Waals surface area contributed by atoms with Crippen LogP contribution < -0.4 is 0 Å². The maximum Gasteiger partial charge on any atom is 0.277 e. The van der Waals surface area contributed by atoms with E-state index in [1.54, 1.807) is 6.92 Å². The van der Waals surface area contributed by atoms with Gasteiger partial charge < -0.3 is 8.83 Å².